The van der Waals surface area contributed by atoms with Crippen LogP contribution in [0.4, 0.5) is 11.4 Å². The topological polar surface area (TPSA) is 72.9 Å². The standard InChI is InChI=1S/C12H12Br2N4O/c1-6-10(15)11(18(2)17-6)12(19)16-9-4-3-7(13)5-8(9)14/h3-5H,15H2,1-2H3,(H,16,19). The fourth-order valence-corrected chi connectivity index (χ4v) is 2.86. The van der Waals surface area contributed by atoms with E-state index in [9.17, 15) is 4.79 Å². The van der Waals surface area contributed by atoms with E-state index in [1.54, 1.807) is 20.0 Å². The number of nitrogens with one attached hydrogen (secondary N) is 1. The number of hydrogen-bond donors (Lipinski definition) is 2. The Labute approximate surface area is 127 Å². The Hall–Kier alpha value is -1.34. The van der Waals surface area contributed by atoms with Crippen molar-refractivity contribution < 1.29 is 4.79 Å². The molecule has 19 heavy (non-hydrogen) atoms. The van der Waals surface area contributed by atoms with Crippen LogP contribution in [0.15, 0.2) is 27.1 Å². The van der Waals surface area contributed by atoms with Gasteiger partial charge in [-0.05, 0) is 41.1 Å². The lowest BCUT2D eigenvalue weighted by molar-refractivity contribution is 0.101. The molecule has 0 saturated heterocycles. The van der Waals surface area contributed by atoms with Gasteiger partial charge in [-0.2, -0.15) is 5.10 Å². The first-order valence-electron chi connectivity index (χ1n) is 5.45. The summed E-state index contributed by atoms with van der Waals surface area (Å²) >= 11 is 6.75. The summed E-state index contributed by atoms with van der Waals surface area (Å²) in [6.45, 7) is 1.77. The molecule has 100 valence electrons. The van der Waals surface area contributed by atoms with Gasteiger partial charge in [0.25, 0.3) is 5.91 Å². The zero-order valence-electron chi connectivity index (χ0n) is 10.4. The van der Waals surface area contributed by atoms with Gasteiger partial charge < -0.3 is 11.1 Å². The monoisotopic (exact) mass is 386 g/mol. The number of aromatic nitrogens is 2. The van der Waals surface area contributed by atoms with Gasteiger partial charge in [-0.15, -0.1) is 0 Å². The second-order valence-electron chi connectivity index (χ2n) is 4.05. The lowest BCUT2D eigenvalue weighted by Gasteiger charge is -2.08. The molecule has 0 atom stereocenters. The minimum atomic E-state index is -0.288. The van der Waals surface area contributed by atoms with Gasteiger partial charge in [-0.3, -0.25) is 9.48 Å². The van der Waals surface area contributed by atoms with Crippen molar-refractivity contribution in [2.45, 2.75) is 6.92 Å². The van der Waals surface area contributed by atoms with Crippen LogP contribution in [0.3, 0.4) is 0 Å². The molecule has 1 aromatic heterocycles. The quantitative estimate of drug-likeness (QED) is 0.831. The summed E-state index contributed by atoms with van der Waals surface area (Å²) in [5, 5.41) is 6.92. The summed E-state index contributed by atoms with van der Waals surface area (Å²) in [6, 6.07) is 5.50. The second kappa shape index (κ2) is 5.34. The van der Waals surface area contributed by atoms with Gasteiger partial charge in [0.2, 0.25) is 0 Å². The molecule has 0 aliphatic rings. The van der Waals surface area contributed by atoms with Gasteiger partial charge in [0, 0.05) is 16.0 Å². The van der Waals surface area contributed by atoms with Crippen molar-refractivity contribution in [3.8, 4) is 0 Å². The molecule has 7 heteroatoms. The molecule has 2 aromatic rings. The molecular formula is C12H12Br2N4O. The number of anilines is 2. The zero-order chi connectivity index (χ0) is 14.2. The van der Waals surface area contributed by atoms with E-state index in [1.165, 1.54) is 4.68 Å². The molecule has 1 heterocycles. The van der Waals surface area contributed by atoms with Crippen molar-refractivity contribution in [2.75, 3.05) is 11.1 Å². The first-order chi connectivity index (χ1) is 8.90. The Morgan fingerprint density at radius 2 is 2.11 bits per heavy atom. The summed E-state index contributed by atoms with van der Waals surface area (Å²) < 4.78 is 3.19. The van der Waals surface area contributed by atoms with Crippen molar-refractivity contribution in [3.63, 3.8) is 0 Å². The number of carbonyl (C=O) groups is 1. The molecule has 0 aliphatic heterocycles. The third kappa shape index (κ3) is 2.82. The SMILES string of the molecule is Cc1nn(C)c(C(=O)Nc2ccc(Br)cc2Br)c1N. The van der Waals surface area contributed by atoms with E-state index in [0.29, 0.717) is 22.8 Å². The summed E-state index contributed by atoms with van der Waals surface area (Å²) in [7, 11) is 1.69. The summed E-state index contributed by atoms with van der Waals surface area (Å²) in [5.41, 5.74) is 7.92. The molecular weight excluding hydrogens is 376 g/mol. The predicted molar refractivity (Wildman–Crippen MR) is 82.2 cm³/mol. The maximum atomic E-state index is 12.2. The molecule has 5 nitrogen and oxygen atoms in total. The molecule has 0 spiro atoms. The van der Waals surface area contributed by atoms with E-state index in [2.05, 4.69) is 42.3 Å². The van der Waals surface area contributed by atoms with Crippen molar-refractivity contribution >= 4 is 49.1 Å². The van der Waals surface area contributed by atoms with Crippen molar-refractivity contribution in [1.82, 2.24) is 9.78 Å². The fourth-order valence-electron chi connectivity index (χ4n) is 1.72. The van der Waals surface area contributed by atoms with E-state index in [-0.39, 0.29) is 5.91 Å². The van der Waals surface area contributed by atoms with E-state index >= 15 is 0 Å². The van der Waals surface area contributed by atoms with E-state index in [1.807, 2.05) is 12.1 Å². The predicted octanol–water partition coefficient (Wildman–Crippen LogP) is 3.09. The third-order valence-corrected chi connectivity index (χ3v) is 3.81. The van der Waals surface area contributed by atoms with Crippen LogP contribution in [0.5, 0.6) is 0 Å². The fraction of sp³-hybridized carbons (Fsp3) is 0.167. The highest BCUT2D eigenvalue weighted by molar-refractivity contribution is 9.11. The number of rotatable bonds is 2. The van der Waals surface area contributed by atoms with E-state index in [0.717, 1.165) is 8.95 Å². The third-order valence-electron chi connectivity index (χ3n) is 2.66. The molecule has 2 rings (SSSR count). The van der Waals surface area contributed by atoms with Crippen LogP contribution < -0.4 is 11.1 Å². The van der Waals surface area contributed by atoms with Gasteiger partial charge in [0.1, 0.15) is 5.69 Å². The minimum absolute atomic E-state index is 0.288. The van der Waals surface area contributed by atoms with Gasteiger partial charge in [0.05, 0.1) is 17.1 Å². The summed E-state index contributed by atoms with van der Waals surface area (Å²) in [6.07, 6.45) is 0. The first-order valence-corrected chi connectivity index (χ1v) is 7.04. The van der Waals surface area contributed by atoms with Crippen LogP contribution in [0, 0.1) is 6.92 Å². The highest BCUT2D eigenvalue weighted by atomic mass is 79.9. The van der Waals surface area contributed by atoms with Crippen LogP contribution in [0.25, 0.3) is 0 Å². The first kappa shape index (κ1) is 14.1. The number of benzene rings is 1. The maximum absolute atomic E-state index is 12.2. The number of nitrogens with two attached hydrogens (primary N) is 1. The maximum Gasteiger partial charge on any atom is 0.276 e. The Balaban J connectivity index is 2.31. The van der Waals surface area contributed by atoms with Crippen LogP contribution in [-0.2, 0) is 7.05 Å². The van der Waals surface area contributed by atoms with Crippen LogP contribution in [0.1, 0.15) is 16.2 Å². The number of nitrogens with zero attached hydrogens (tertiary/aromatic N) is 2. The molecule has 0 saturated carbocycles. The number of amides is 1. The van der Waals surface area contributed by atoms with E-state index in [4.69, 9.17) is 5.73 Å². The van der Waals surface area contributed by atoms with Gasteiger partial charge in [-0.25, -0.2) is 0 Å². The zero-order valence-corrected chi connectivity index (χ0v) is 13.5. The molecule has 1 aromatic carbocycles. The minimum Gasteiger partial charge on any atom is -0.395 e. The summed E-state index contributed by atoms with van der Waals surface area (Å²) in [4.78, 5) is 12.2. The average Bonchev–Trinajstić information content (AvgIpc) is 2.57. The van der Waals surface area contributed by atoms with Gasteiger partial charge in [-0.1, -0.05) is 15.9 Å². The smallest absolute Gasteiger partial charge is 0.276 e. The molecule has 0 aliphatic carbocycles. The number of aryl methyl sites for hydroxylation is 2. The molecule has 1 amide bonds. The number of nitrogen functional groups attached to an aromatic ring is 1. The lowest BCUT2D eigenvalue weighted by Crippen LogP contribution is -2.17. The van der Waals surface area contributed by atoms with Crippen molar-refractivity contribution in [1.29, 1.82) is 0 Å². The van der Waals surface area contributed by atoms with Crippen LogP contribution in [-0.4, -0.2) is 15.7 Å². The normalized spacial score (nSPS) is 10.5. The Kier molecular flexibility index (Phi) is 3.96. The Bertz CT molecular complexity index is 651. The summed E-state index contributed by atoms with van der Waals surface area (Å²) in [5.74, 6) is -0.288. The average molecular weight is 388 g/mol. The number of halogens is 2. The van der Waals surface area contributed by atoms with E-state index < -0.39 is 0 Å². The van der Waals surface area contributed by atoms with Crippen molar-refractivity contribution in [3.05, 3.63) is 38.5 Å². The highest BCUT2D eigenvalue weighted by Crippen LogP contribution is 2.27. The largest absolute Gasteiger partial charge is 0.395 e. The lowest BCUT2D eigenvalue weighted by atomic mass is 10.2. The van der Waals surface area contributed by atoms with Crippen LogP contribution >= 0.6 is 31.9 Å². The Morgan fingerprint density at radius 1 is 1.42 bits per heavy atom. The number of hydrogen-bond acceptors (Lipinski definition) is 3. The second-order valence-corrected chi connectivity index (χ2v) is 5.82. The molecule has 3 N–H and O–H groups in total. The molecule has 0 bridgehead atoms. The molecule has 0 radical (unpaired) electrons. The molecule has 0 fully saturated rings. The number of carbonyl (C=O) groups excluding carboxylic acids is 1. The Morgan fingerprint density at radius 3 is 2.63 bits per heavy atom. The molecule has 0 unspecified atom stereocenters. The van der Waals surface area contributed by atoms with Crippen molar-refractivity contribution in [2.24, 2.45) is 7.05 Å². The highest BCUT2D eigenvalue weighted by Gasteiger charge is 2.18. The van der Waals surface area contributed by atoms with Gasteiger partial charge >= 0.3 is 0 Å². The van der Waals surface area contributed by atoms with Gasteiger partial charge in [0.15, 0.2) is 0 Å². The van der Waals surface area contributed by atoms with Crippen LogP contribution in [0.2, 0.25) is 0 Å².